The molecule has 0 aliphatic rings. The number of carbonyl (C=O) groups is 1. The number of hydrogen-bond donors (Lipinski definition) is 3. The highest BCUT2D eigenvalue weighted by molar-refractivity contribution is 6.02. The van der Waals surface area contributed by atoms with Crippen molar-refractivity contribution < 1.29 is 15.0 Å². The van der Waals surface area contributed by atoms with Crippen molar-refractivity contribution in [3.63, 3.8) is 0 Å². The van der Waals surface area contributed by atoms with Crippen molar-refractivity contribution in [2.24, 2.45) is 5.10 Å². The summed E-state index contributed by atoms with van der Waals surface area (Å²) in [6.07, 6.45) is 5.20. The average molecular weight is 340 g/mol. The fourth-order valence-corrected chi connectivity index (χ4v) is 2.50. The molecular formula is C20H24N2O3. The fraction of sp³-hybridized carbons (Fsp3) is 0.300. The highest BCUT2D eigenvalue weighted by Gasteiger charge is 2.12. The predicted octanol–water partition coefficient (Wildman–Crippen LogP) is 4.20. The molecule has 0 saturated heterocycles. The van der Waals surface area contributed by atoms with Crippen LogP contribution < -0.4 is 5.43 Å². The first kappa shape index (κ1) is 18.5. The number of hydrogen-bond acceptors (Lipinski definition) is 4. The molecule has 2 aromatic carbocycles. The first-order valence-electron chi connectivity index (χ1n) is 8.56. The Hall–Kier alpha value is -2.82. The first-order chi connectivity index (χ1) is 12.1. The van der Waals surface area contributed by atoms with E-state index in [1.807, 2.05) is 30.3 Å². The Morgan fingerprint density at radius 1 is 1.04 bits per heavy atom. The highest BCUT2D eigenvalue weighted by Crippen LogP contribution is 2.21. The molecule has 132 valence electrons. The summed E-state index contributed by atoms with van der Waals surface area (Å²) < 4.78 is 0. The topological polar surface area (TPSA) is 81.9 Å². The van der Waals surface area contributed by atoms with E-state index >= 15 is 0 Å². The van der Waals surface area contributed by atoms with E-state index in [2.05, 4.69) is 17.5 Å². The maximum atomic E-state index is 12.2. The van der Waals surface area contributed by atoms with Crippen molar-refractivity contribution in [3.05, 3.63) is 59.7 Å². The minimum Gasteiger partial charge on any atom is -0.508 e. The largest absolute Gasteiger partial charge is 0.508 e. The number of rotatable bonds is 8. The van der Waals surface area contributed by atoms with Crippen molar-refractivity contribution in [2.45, 2.75) is 39.0 Å². The maximum absolute atomic E-state index is 12.2. The SMILES string of the molecule is CCCCCC/C(=N\NC(=O)c1cc(O)ccc1O)c1ccccc1. The second kappa shape index (κ2) is 9.47. The summed E-state index contributed by atoms with van der Waals surface area (Å²) in [7, 11) is 0. The Morgan fingerprint density at radius 2 is 1.80 bits per heavy atom. The van der Waals surface area contributed by atoms with E-state index in [-0.39, 0.29) is 17.1 Å². The Balaban J connectivity index is 2.13. The minimum atomic E-state index is -0.560. The van der Waals surface area contributed by atoms with Gasteiger partial charge < -0.3 is 10.2 Å². The molecule has 5 nitrogen and oxygen atoms in total. The molecule has 3 N–H and O–H groups in total. The van der Waals surface area contributed by atoms with Gasteiger partial charge in [0.2, 0.25) is 0 Å². The van der Waals surface area contributed by atoms with Gasteiger partial charge in [-0.25, -0.2) is 5.43 Å². The number of amides is 1. The number of unbranched alkanes of at least 4 members (excludes halogenated alkanes) is 3. The van der Waals surface area contributed by atoms with E-state index in [9.17, 15) is 15.0 Å². The lowest BCUT2D eigenvalue weighted by atomic mass is 10.0. The number of benzene rings is 2. The number of aromatic hydroxyl groups is 2. The summed E-state index contributed by atoms with van der Waals surface area (Å²) in [5, 5.41) is 23.5. The molecule has 0 radical (unpaired) electrons. The van der Waals surface area contributed by atoms with E-state index in [1.165, 1.54) is 24.6 Å². The summed E-state index contributed by atoms with van der Waals surface area (Å²) in [6.45, 7) is 2.16. The van der Waals surface area contributed by atoms with Crippen molar-refractivity contribution in [3.8, 4) is 11.5 Å². The zero-order valence-electron chi connectivity index (χ0n) is 14.4. The van der Waals surface area contributed by atoms with Crippen LogP contribution in [0.2, 0.25) is 0 Å². The van der Waals surface area contributed by atoms with Crippen LogP contribution >= 0.6 is 0 Å². The quantitative estimate of drug-likeness (QED) is 0.291. The molecule has 0 unspecified atom stereocenters. The van der Waals surface area contributed by atoms with Gasteiger partial charge >= 0.3 is 0 Å². The van der Waals surface area contributed by atoms with Gasteiger partial charge in [0.25, 0.3) is 5.91 Å². The van der Waals surface area contributed by atoms with E-state index in [0.717, 1.165) is 37.0 Å². The van der Waals surface area contributed by atoms with Crippen molar-refractivity contribution in [1.82, 2.24) is 5.43 Å². The summed E-state index contributed by atoms with van der Waals surface area (Å²) in [4.78, 5) is 12.2. The second-order valence-electron chi connectivity index (χ2n) is 5.88. The molecule has 0 bridgehead atoms. The molecule has 2 aromatic rings. The standard InChI is InChI=1S/C20H24N2O3/c1-2-3-4-8-11-18(15-9-6-5-7-10-15)21-22-20(25)17-14-16(23)12-13-19(17)24/h5-7,9-10,12-14,23-24H,2-4,8,11H2,1H3,(H,22,25)/b21-18+. The number of nitrogens with one attached hydrogen (secondary N) is 1. The summed E-state index contributed by atoms with van der Waals surface area (Å²) in [5.41, 5.74) is 4.23. The van der Waals surface area contributed by atoms with E-state index < -0.39 is 5.91 Å². The average Bonchev–Trinajstić information content (AvgIpc) is 2.63. The van der Waals surface area contributed by atoms with Gasteiger partial charge in [-0.15, -0.1) is 0 Å². The molecule has 0 saturated carbocycles. The summed E-state index contributed by atoms with van der Waals surface area (Å²) in [5.74, 6) is -0.847. The highest BCUT2D eigenvalue weighted by atomic mass is 16.3. The van der Waals surface area contributed by atoms with Crippen LogP contribution in [-0.4, -0.2) is 21.8 Å². The van der Waals surface area contributed by atoms with Crippen LogP contribution in [0.25, 0.3) is 0 Å². The lowest BCUT2D eigenvalue weighted by Gasteiger charge is -2.08. The Bertz CT molecular complexity index is 727. The molecule has 0 atom stereocenters. The Labute approximate surface area is 148 Å². The van der Waals surface area contributed by atoms with Gasteiger partial charge in [0.1, 0.15) is 11.5 Å². The zero-order valence-corrected chi connectivity index (χ0v) is 14.4. The molecule has 5 heteroatoms. The van der Waals surface area contributed by atoms with Crippen molar-refractivity contribution in [2.75, 3.05) is 0 Å². The molecule has 0 aromatic heterocycles. The van der Waals surface area contributed by atoms with Gasteiger partial charge in [-0.2, -0.15) is 5.10 Å². The first-order valence-corrected chi connectivity index (χ1v) is 8.56. The zero-order chi connectivity index (χ0) is 18.1. The number of phenolic OH excluding ortho intramolecular Hbond substituents is 2. The third-order valence-electron chi connectivity index (χ3n) is 3.89. The lowest BCUT2D eigenvalue weighted by molar-refractivity contribution is 0.0951. The Morgan fingerprint density at radius 3 is 2.52 bits per heavy atom. The van der Waals surface area contributed by atoms with Crippen molar-refractivity contribution >= 4 is 11.6 Å². The van der Waals surface area contributed by atoms with Crippen molar-refractivity contribution in [1.29, 1.82) is 0 Å². The second-order valence-corrected chi connectivity index (χ2v) is 5.88. The molecule has 25 heavy (non-hydrogen) atoms. The van der Waals surface area contributed by atoms with Crippen LogP contribution in [0.4, 0.5) is 0 Å². The third kappa shape index (κ3) is 5.64. The molecule has 2 rings (SSSR count). The van der Waals surface area contributed by atoms with Gasteiger partial charge in [-0.05, 0) is 36.6 Å². The third-order valence-corrected chi connectivity index (χ3v) is 3.89. The smallest absolute Gasteiger partial charge is 0.275 e. The molecule has 0 heterocycles. The minimum absolute atomic E-state index is 0.0119. The van der Waals surface area contributed by atoms with Crippen LogP contribution in [0, 0.1) is 0 Å². The van der Waals surface area contributed by atoms with Crippen LogP contribution in [-0.2, 0) is 0 Å². The molecule has 0 fully saturated rings. The van der Waals surface area contributed by atoms with Gasteiger partial charge in [-0.1, -0.05) is 56.5 Å². The van der Waals surface area contributed by atoms with Crippen LogP contribution in [0.15, 0.2) is 53.6 Å². The number of phenols is 2. The van der Waals surface area contributed by atoms with Gasteiger partial charge in [0, 0.05) is 0 Å². The van der Waals surface area contributed by atoms with Crippen LogP contribution in [0.1, 0.15) is 54.9 Å². The Kier molecular flexibility index (Phi) is 7.01. The maximum Gasteiger partial charge on any atom is 0.275 e. The normalized spacial score (nSPS) is 11.3. The van der Waals surface area contributed by atoms with Gasteiger partial charge in [-0.3, -0.25) is 4.79 Å². The van der Waals surface area contributed by atoms with Gasteiger partial charge in [0.15, 0.2) is 0 Å². The molecule has 0 aliphatic heterocycles. The molecule has 0 aliphatic carbocycles. The van der Waals surface area contributed by atoms with Crippen LogP contribution in [0.5, 0.6) is 11.5 Å². The van der Waals surface area contributed by atoms with Crippen LogP contribution in [0.3, 0.4) is 0 Å². The van der Waals surface area contributed by atoms with E-state index in [1.54, 1.807) is 0 Å². The molecule has 1 amide bonds. The van der Waals surface area contributed by atoms with Gasteiger partial charge in [0.05, 0.1) is 11.3 Å². The number of nitrogens with zero attached hydrogens (tertiary/aromatic N) is 1. The number of hydrazone groups is 1. The summed E-state index contributed by atoms with van der Waals surface area (Å²) in [6, 6.07) is 13.5. The fourth-order valence-electron chi connectivity index (χ4n) is 2.50. The lowest BCUT2D eigenvalue weighted by Crippen LogP contribution is -2.20. The predicted molar refractivity (Wildman–Crippen MR) is 99.0 cm³/mol. The van der Waals surface area contributed by atoms with E-state index in [4.69, 9.17) is 0 Å². The summed E-state index contributed by atoms with van der Waals surface area (Å²) >= 11 is 0. The number of carbonyl (C=O) groups excluding carboxylic acids is 1. The van der Waals surface area contributed by atoms with E-state index in [0.29, 0.717) is 0 Å². The molecule has 0 spiro atoms. The monoisotopic (exact) mass is 340 g/mol. The molecular weight excluding hydrogens is 316 g/mol.